The number of thiocarbonyl (C=S) groups is 1. The average Bonchev–Trinajstić information content (AvgIpc) is 3.10. The normalized spacial score (nSPS) is 10.5. The number of anilines is 1. The van der Waals surface area contributed by atoms with Crippen LogP contribution in [0, 0.1) is 20.8 Å². The number of furan rings is 1. The summed E-state index contributed by atoms with van der Waals surface area (Å²) in [4.78, 5) is 35.7. The Labute approximate surface area is 180 Å². The van der Waals surface area contributed by atoms with E-state index in [4.69, 9.17) is 16.6 Å². The van der Waals surface area contributed by atoms with Crippen LogP contribution in [0.4, 0.5) is 5.69 Å². The largest absolute Gasteiger partial charge is 0.462 e. The molecule has 1 heterocycles. The van der Waals surface area contributed by atoms with Crippen molar-refractivity contribution in [2.75, 3.05) is 5.32 Å². The number of carbonyl (C=O) groups is 3. The maximum Gasteiger partial charge on any atom is 0.250 e. The summed E-state index contributed by atoms with van der Waals surface area (Å²) < 4.78 is 5.31. The van der Waals surface area contributed by atoms with Gasteiger partial charge < -0.3 is 9.73 Å². The summed E-state index contributed by atoms with van der Waals surface area (Å²) in [6, 6.07) is 9.20. The van der Waals surface area contributed by atoms with Gasteiger partial charge in [-0.3, -0.25) is 30.6 Å². The molecule has 0 saturated heterocycles. The van der Waals surface area contributed by atoms with Crippen LogP contribution in [-0.2, 0) is 14.4 Å². The van der Waals surface area contributed by atoms with Crippen LogP contribution >= 0.6 is 12.2 Å². The van der Waals surface area contributed by atoms with E-state index in [1.54, 1.807) is 19.1 Å². The average molecular weight is 429 g/mol. The Morgan fingerprint density at radius 1 is 1.00 bits per heavy atom. The molecule has 1 aromatic heterocycles. The molecule has 0 bridgehead atoms. The first-order chi connectivity index (χ1) is 14.2. The molecular weight excluding hydrogens is 404 g/mol. The zero-order valence-electron chi connectivity index (χ0n) is 17.0. The lowest BCUT2D eigenvalue weighted by atomic mass is 10.1. The first-order valence-corrected chi connectivity index (χ1v) is 9.65. The summed E-state index contributed by atoms with van der Waals surface area (Å²) in [5.74, 6) is 0.0745. The zero-order valence-corrected chi connectivity index (χ0v) is 17.8. The summed E-state index contributed by atoms with van der Waals surface area (Å²) in [5.41, 5.74) is 7.52. The van der Waals surface area contributed by atoms with Crippen molar-refractivity contribution < 1.29 is 18.8 Å². The van der Waals surface area contributed by atoms with Gasteiger partial charge in [0.15, 0.2) is 5.11 Å². The van der Waals surface area contributed by atoms with Gasteiger partial charge in [-0.1, -0.05) is 17.7 Å². The molecular formula is C21H24N4O4S. The minimum absolute atomic E-state index is 0.00521. The van der Waals surface area contributed by atoms with E-state index in [0.717, 1.165) is 16.9 Å². The van der Waals surface area contributed by atoms with Crippen LogP contribution in [0.3, 0.4) is 0 Å². The first kappa shape index (κ1) is 22.8. The van der Waals surface area contributed by atoms with Gasteiger partial charge in [-0.15, -0.1) is 0 Å². The summed E-state index contributed by atoms with van der Waals surface area (Å²) in [7, 11) is 0. The van der Waals surface area contributed by atoms with Crippen LogP contribution in [0.25, 0.3) is 6.08 Å². The van der Waals surface area contributed by atoms with Crippen LogP contribution in [0.5, 0.6) is 0 Å². The van der Waals surface area contributed by atoms with Gasteiger partial charge in [-0.25, -0.2) is 0 Å². The topological polar surface area (TPSA) is 112 Å². The Morgan fingerprint density at radius 3 is 2.40 bits per heavy atom. The maximum atomic E-state index is 12.0. The molecule has 2 rings (SSSR count). The highest BCUT2D eigenvalue weighted by atomic mass is 32.1. The van der Waals surface area contributed by atoms with E-state index >= 15 is 0 Å². The van der Waals surface area contributed by atoms with Crippen LogP contribution in [0.15, 0.2) is 40.8 Å². The number of aryl methyl sites for hydroxylation is 3. The second-order valence-corrected chi connectivity index (χ2v) is 7.05. The Morgan fingerprint density at radius 2 is 1.73 bits per heavy atom. The van der Waals surface area contributed by atoms with Crippen molar-refractivity contribution in [3.63, 3.8) is 0 Å². The van der Waals surface area contributed by atoms with E-state index in [2.05, 4.69) is 21.5 Å². The predicted octanol–water partition coefficient (Wildman–Crippen LogP) is 2.66. The molecule has 2 aromatic rings. The number of amides is 3. The molecule has 0 atom stereocenters. The van der Waals surface area contributed by atoms with Crippen molar-refractivity contribution in [2.24, 2.45) is 0 Å². The molecule has 0 spiro atoms. The third-order valence-electron chi connectivity index (χ3n) is 3.95. The second kappa shape index (κ2) is 10.9. The van der Waals surface area contributed by atoms with E-state index in [1.807, 2.05) is 32.0 Å². The zero-order chi connectivity index (χ0) is 22.1. The lowest BCUT2D eigenvalue weighted by molar-refractivity contribution is -0.124. The van der Waals surface area contributed by atoms with Gasteiger partial charge in [-0.05, 0) is 62.8 Å². The van der Waals surface area contributed by atoms with Gasteiger partial charge in [0.1, 0.15) is 11.5 Å². The van der Waals surface area contributed by atoms with Crippen molar-refractivity contribution >= 4 is 46.8 Å². The molecule has 9 heteroatoms. The third kappa shape index (κ3) is 7.88. The number of hydrogen-bond acceptors (Lipinski definition) is 5. The number of carbonyl (C=O) groups excluding carboxylic acids is 3. The highest BCUT2D eigenvalue weighted by Crippen LogP contribution is 2.16. The predicted molar refractivity (Wildman–Crippen MR) is 118 cm³/mol. The Kier molecular flexibility index (Phi) is 8.30. The minimum atomic E-state index is -0.483. The van der Waals surface area contributed by atoms with Crippen molar-refractivity contribution in [1.82, 2.24) is 16.2 Å². The molecule has 8 nitrogen and oxygen atoms in total. The first-order valence-electron chi connectivity index (χ1n) is 9.24. The lowest BCUT2D eigenvalue weighted by Crippen LogP contribution is -2.48. The Hall–Kier alpha value is -3.46. The Balaban J connectivity index is 1.67. The molecule has 30 heavy (non-hydrogen) atoms. The van der Waals surface area contributed by atoms with Crippen molar-refractivity contribution in [2.45, 2.75) is 33.6 Å². The third-order valence-corrected chi connectivity index (χ3v) is 4.15. The molecule has 0 aliphatic carbocycles. The van der Waals surface area contributed by atoms with Crippen LogP contribution in [0.2, 0.25) is 0 Å². The van der Waals surface area contributed by atoms with Gasteiger partial charge in [0.25, 0.3) is 0 Å². The van der Waals surface area contributed by atoms with E-state index in [9.17, 15) is 14.4 Å². The molecule has 0 fully saturated rings. The van der Waals surface area contributed by atoms with Gasteiger partial charge in [0.05, 0.1) is 0 Å². The molecule has 158 valence electrons. The van der Waals surface area contributed by atoms with Crippen LogP contribution in [0.1, 0.15) is 35.5 Å². The van der Waals surface area contributed by atoms with Crippen molar-refractivity contribution in [3.05, 3.63) is 59.1 Å². The summed E-state index contributed by atoms with van der Waals surface area (Å²) >= 11 is 4.94. The lowest BCUT2D eigenvalue weighted by Gasteiger charge is -2.11. The molecule has 0 aliphatic heterocycles. The van der Waals surface area contributed by atoms with Gasteiger partial charge in [0.2, 0.25) is 17.7 Å². The molecule has 3 amide bonds. The molecule has 0 aliphatic rings. The second-order valence-electron chi connectivity index (χ2n) is 6.64. The standard InChI is InChI=1S/C21H24N4O4S/c1-13-4-8-17(14(2)12-13)22-18(26)10-11-20(28)24-25-21(30)23-19(27)9-7-16-6-5-15(3)29-16/h4-9,12H,10-11H2,1-3H3,(H,22,26)(H,24,28)(H2,23,25,27,30). The van der Waals surface area contributed by atoms with Crippen LogP contribution in [-0.4, -0.2) is 22.8 Å². The number of hydrogen-bond donors (Lipinski definition) is 4. The highest BCUT2D eigenvalue weighted by molar-refractivity contribution is 7.80. The van der Waals surface area contributed by atoms with E-state index < -0.39 is 11.8 Å². The van der Waals surface area contributed by atoms with E-state index in [-0.39, 0.29) is 23.9 Å². The molecule has 4 N–H and O–H groups in total. The number of hydrazine groups is 1. The van der Waals surface area contributed by atoms with E-state index in [0.29, 0.717) is 11.4 Å². The molecule has 0 saturated carbocycles. The fourth-order valence-corrected chi connectivity index (χ4v) is 2.62. The highest BCUT2D eigenvalue weighted by Gasteiger charge is 2.09. The SMILES string of the molecule is Cc1ccc(NC(=O)CCC(=O)NNC(=S)NC(=O)C=Cc2ccc(C)o2)c(C)c1. The van der Waals surface area contributed by atoms with Gasteiger partial charge >= 0.3 is 0 Å². The number of nitrogens with one attached hydrogen (secondary N) is 4. The molecule has 0 unspecified atom stereocenters. The van der Waals surface area contributed by atoms with Crippen molar-refractivity contribution in [1.29, 1.82) is 0 Å². The fourth-order valence-electron chi connectivity index (χ4n) is 2.47. The number of rotatable bonds is 6. The van der Waals surface area contributed by atoms with Crippen LogP contribution < -0.4 is 21.5 Å². The van der Waals surface area contributed by atoms with E-state index in [1.165, 1.54) is 12.2 Å². The minimum Gasteiger partial charge on any atom is -0.462 e. The Bertz CT molecular complexity index is 981. The monoisotopic (exact) mass is 428 g/mol. The summed E-state index contributed by atoms with van der Waals surface area (Å²) in [6.07, 6.45) is 2.71. The summed E-state index contributed by atoms with van der Waals surface area (Å²) in [5, 5.41) is 5.08. The fraction of sp³-hybridized carbons (Fsp3) is 0.238. The van der Waals surface area contributed by atoms with Crippen molar-refractivity contribution in [3.8, 4) is 0 Å². The maximum absolute atomic E-state index is 12.0. The molecule has 1 aromatic carbocycles. The summed E-state index contributed by atoms with van der Waals surface area (Å²) in [6.45, 7) is 5.67. The molecule has 0 radical (unpaired) electrons. The number of benzene rings is 1. The van der Waals surface area contributed by atoms with Gasteiger partial charge in [0, 0.05) is 24.6 Å². The van der Waals surface area contributed by atoms with Gasteiger partial charge in [-0.2, -0.15) is 0 Å². The quantitative estimate of drug-likeness (QED) is 0.320. The smallest absolute Gasteiger partial charge is 0.250 e.